The van der Waals surface area contributed by atoms with Crippen molar-refractivity contribution >= 4 is 0 Å². The Bertz CT molecular complexity index is 841. The first kappa shape index (κ1) is 17.9. The Morgan fingerprint density at radius 2 is 1.93 bits per heavy atom. The highest BCUT2D eigenvalue weighted by Gasteiger charge is 2.28. The summed E-state index contributed by atoms with van der Waals surface area (Å²) in [4.78, 5) is 0. The molecule has 0 bridgehead atoms. The number of hydrogen-bond acceptors (Lipinski definition) is 4. The molecule has 6 heteroatoms. The van der Waals surface area contributed by atoms with Crippen molar-refractivity contribution in [3.8, 4) is 0 Å². The molecular formula is C21H27N5O. The van der Waals surface area contributed by atoms with Gasteiger partial charge in [-0.1, -0.05) is 30.3 Å². The fourth-order valence-electron chi connectivity index (χ4n) is 3.62. The molecule has 3 aromatic rings. The lowest BCUT2D eigenvalue weighted by Gasteiger charge is -2.32. The summed E-state index contributed by atoms with van der Waals surface area (Å²) in [5.74, 6) is 0. The van der Waals surface area contributed by atoms with Crippen molar-refractivity contribution < 1.29 is 4.74 Å². The molecule has 0 spiro atoms. The number of rotatable bonds is 7. The molecule has 2 atom stereocenters. The zero-order valence-corrected chi connectivity index (χ0v) is 15.8. The lowest BCUT2D eigenvalue weighted by Crippen LogP contribution is -2.39. The van der Waals surface area contributed by atoms with Gasteiger partial charge >= 0.3 is 0 Å². The van der Waals surface area contributed by atoms with Gasteiger partial charge in [-0.05, 0) is 25.3 Å². The Hall–Kier alpha value is -2.44. The number of ether oxygens (including phenoxy) is 1. The quantitative estimate of drug-likeness (QED) is 0.699. The summed E-state index contributed by atoms with van der Waals surface area (Å²) in [6.07, 6.45) is 10.4. The van der Waals surface area contributed by atoms with E-state index in [1.165, 1.54) is 11.1 Å². The zero-order chi connectivity index (χ0) is 18.5. The van der Waals surface area contributed by atoms with Crippen LogP contribution in [0.4, 0.5) is 0 Å². The van der Waals surface area contributed by atoms with Crippen LogP contribution in [0.5, 0.6) is 0 Å². The number of aryl methyl sites for hydroxylation is 1. The van der Waals surface area contributed by atoms with E-state index in [-0.39, 0.29) is 6.10 Å². The largest absolute Gasteiger partial charge is 0.372 e. The lowest BCUT2D eigenvalue weighted by atomic mass is 9.98. The fraction of sp³-hybridized carbons (Fsp3) is 0.429. The number of nitrogens with one attached hydrogen (secondary N) is 1. The van der Waals surface area contributed by atoms with Crippen LogP contribution in [-0.2, 0) is 24.4 Å². The van der Waals surface area contributed by atoms with Crippen LogP contribution in [0, 0.1) is 0 Å². The number of nitrogens with zero attached hydrogens (tertiary/aromatic N) is 4. The van der Waals surface area contributed by atoms with Crippen molar-refractivity contribution in [3.05, 3.63) is 71.8 Å². The molecular weight excluding hydrogens is 338 g/mol. The third kappa shape index (κ3) is 4.46. The maximum atomic E-state index is 6.07. The van der Waals surface area contributed by atoms with Crippen LogP contribution >= 0.6 is 0 Å². The highest BCUT2D eigenvalue weighted by atomic mass is 16.5. The molecule has 3 heterocycles. The van der Waals surface area contributed by atoms with E-state index in [0.717, 1.165) is 44.6 Å². The first-order valence-corrected chi connectivity index (χ1v) is 9.74. The van der Waals surface area contributed by atoms with E-state index in [4.69, 9.17) is 4.74 Å². The summed E-state index contributed by atoms with van der Waals surface area (Å²) in [7, 11) is 0. The molecule has 0 aliphatic carbocycles. The minimum atomic E-state index is 0.0680. The topological polar surface area (TPSA) is 56.9 Å². The molecule has 142 valence electrons. The van der Waals surface area contributed by atoms with Gasteiger partial charge in [-0.3, -0.25) is 9.36 Å². The minimum absolute atomic E-state index is 0.0680. The second-order valence-corrected chi connectivity index (χ2v) is 7.08. The van der Waals surface area contributed by atoms with E-state index in [1.807, 2.05) is 27.8 Å². The van der Waals surface area contributed by atoms with Gasteiger partial charge in [0.1, 0.15) is 6.10 Å². The molecule has 1 fully saturated rings. The van der Waals surface area contributed by atoms with Gasteiger partial charge in [0.25, 0.3) is 0 Å². The van der Waals surface area contributed by atoms with Gasteiger partial charge < -0.3 is 10.1 Å². The van der Waals surface area contributed by atoms with Crippen molar-refractivity contribution in [2.24, 2.45) is 0 Å². The highest BCUT2D eigenvalue weighted by molar-refractivity contribution is 5.16. The van der Waals surface area contributed by atoms with Crippen molar-refractivity contribution in [1.29, 1.82) is 0 Å². The van der Waals surface area contributed by atoms with Crippen LogP contribution in [0.25, 0.3) is 0 Å². The zero-order valence-electron chi connectivity index (χ0n) is 15.8. The standard InChI is InChI=1S/C21H27N5O/c1-2-25-16-19(13-24-25)21-20(9-6-10-27-21)22-11-18-12-23-26(15-18)14-17-7-4-3-5-8-17/h3-5,7-8,12-13,15-16,20-22H,2,6,9-11,14H2,1H3/t20-,21+/m0/s1. The predicted molar refractivity (Wildman–Crippen MR) is 104 cm³/mol. The molecule has 1 aliphatic rings. The first-order valence-electron chi connectivity index (χ1n) is 9.74. The van der Waals surface area contributed by atoms with Gasteiger partial charge in [-0.25, -0.2) is 0 Å². The molecule has 0 saturated carbocycles. The third-order valence-electron chi connectivity index (χ3n) is 5.07. The normalized spacial score (nSPS) is 20.0. The van der Waals surface area contributed by atoms with E-state index in [0.29, 0.717) is 6.04 Å². The number of benzene rings is 1. The number of hydrogen-bond donors (Lipinski definition) is 1. The molecule has 0 radical (unpaired) electrons. The Balaban J connectivity index is 1.37. The lowest BCUT2D eigenvalue weighted by molar-refractivity contribution is -0.0112. The maximum absolute atomic E-state index is 6.07. The average Bonchev–Trinajstić information content (AvgIpc) is 3.37. The summed E-state index contributed by atoms with van der Waals surface area (Å²) >= 11 is 0. The molecule has 1 aromatic carbocycles. The van der Waals surface area contributed by atoms with E-state index < -0.39 is 0 Å². The Morgan fingerprint density at radius 3 is 2.74 bits per heavy atom. The maximum Gasteiger partial charge on any atom is 0.101 e. The summed E-state index contributed by atoms with van der Waals surface area (Å²) in [6.45, 7) is 5.38. The summed E-state index contributed by atoms with van der Waals surface area (Å²) < 4.78 is 10.0. The SMILES string of the molecule is CCn1cc([C@H]2OCCC[C@@H]2NCc2cnn(Cc3ccccc3)c2)cn1. The smallest absolute Gasteiger partial charge is 0.101 e. The molecule has 6 nitrogen and oxygen atoms in total. The van der Waals surface area contributed by atoms with Crippen LogP contribution in [-0.4, -0.2) is 32.2 Å². The molecule has 1 N–H and O–H groups in total. The van der Waals surface area contributed by atoms with E-state index >= 15 is 0 Å². The van der Waals surface area contributed by atoms with Gasteiger partial charge in [0, 0.05) is 49.3 Å². The van der Waals surface area contributed by atoms with Crippen molar-refractivity contribution in [3.63, 3.8) is 0 Å². The van der Waals surface area contributed by atoms with E-state index in [1.54, 1.807) is 0 Å². The summed E-state index contributed by atoms with van der Waals surface area (Å²) in [6, 6.07) is 10.7. The van der Waals surface area contributed by atoms with Gasteiger partial charge in [0.15, 0.2) is 0 Å². The number of aromatic nitrogens is 4. The van der Waals surface area contributed by atoms with Gasteiger partial charge in [0.05, 0.1) is 18.9 Å². The predicted octanol–water partition coefficient (Wildman–Crippen LogP) is 3.16. The second kappa shape index (κ2) is 8.50. The third-order valence-corrected chi connectivity index (χ3v) is 5.07. The summed E-state index contributed by atoms with van der Waals surface area (Å²) in [5, 5.41) is 12.6. The molecule has 27 heavy (non-hydrogen) atoms. The monoisotopic (exact) mass is 365 g/mol. The molecule has 2 aromatic heterocycles. The average molecular weight is 365 g/mol. The van der Waals surface area contributed by atoms with Gasteiger partial charge in [-0.2, -0.15) is 10.2 Å². The van der Waals surface area contributed by atoms with E-state index in [9.17, 15) is 0 Å². The Labute approximate surface area is 160 Å². The highest BCUT2D eigenvalue weighted by Crippen LogP contribution is 2.28. The van der Waals surface area contributed by atoms with Crippen molar-refractivity contribution in [2.75, 3.05) is 6.61 Å². The molecule has 1 saturated heterocycles. The molecule has 0 amide bonds. The van der Waals surface area contributed by atoms with Crippen LogP contribution < -0.4 is 5.32 Å². The molecule has 0 unspecified atom stereocenters. The van der Waals surface area contributed by atoms with Crippen LogP contribution in [0.15, 0.2) is 55.1 Å². The first-order chi connectivity index (χ1) is 13.3. The van der Waals surface area contributed by atoms with Crippen LogP contribution in [0.3, 0.4) is 0 Å². The molecule has 1 aliphatic heterocycles. The Morgan fingerprint density at radius 1 is 1.07 bits per heavy atom. The second-order valence-electron chi connectivity index (χ2n) is 7.08. The minimum Gasteiger partial charge on any atom is -0.372 e. The van der Waals surface area contributed by atoms with Gasteiger partial charge in [-0.15, -0.1) is 0 Å². The summed E-state index contributed by atoms with van der Waals surface area (Å²) in [5.41, 5.74) is 3.61. The molecule has 4 rings (SSSR count). The van der Waals surface area contributed by atoms with Crippen LogP contribution in [0.2, 0.25) is 0 Å². The van der Waals surface area contributed by atoms with Crippen LogP contribution in [0.1, 0.15) is 42.6 Å². The Kier molecular flexibility index (Phi) is 5.65. The van der Waals surface area contributed by atoms with E-state index in [2.05, 4.69) is 59.1 Å². The fourth-order valence-corrected chi connectivity index (χ4v) is 3.62. The van der Waals surface area contributed by atoms with Gasteiger partial charge in [0.2, 0.25) is 0 Å². The van der Waals surface area contributed by atoms with Crippen molar-refractivity contribution in [1.82, 2.24) is 24.9 Å². The van der Waals surface area contributed by atoms with Crippen molar-refractivity contribution in [2.45, 2.75) is 51.5 Å².